The molecule has 68 valence electrons. The summed E-state index contributed by atoms with van der Waals surface area (Å²) in [5.41, 5.74) is 3.89. The van der Waals surface area contributed by atoms with Gasteiger partial charge in [0.1, 0.15) is 0 Å². The molecule has 0 aliphatic carbocycles. The molecule has 0 radical (unpaired) electrons. The highest BCUT2D eigenvalue weighted by molar-refractivity contribution is 5.13. The maximum absolute atomic E-state index is 5.51. The van der Waals surface area contributed by atoms with Crippen LogP contribution in [0.15, 0.2) is 48.7 Å². The predicted molar refractivity (Wildman–Crippen MR) is 54.4 cm³/mol. The first-order valence-corrected chi connectivity index (χ1v) is 4.34. The quantitative estimate of drug-likeness (QED) is 0.638. The first kappa shape index (κ1) is 9.79. The lowest BCUT2D eigenvalue weighted by Crippen LogP contribution is -2.03. The number of benzene rings is 1. The van der Waals surface area contributed by atoms with Crippen LogP contribution in [0.1, 0.15) is 12.5 Å². The summed E-state index contributed by atoms with van der Waals surface area (Å²) in [6.45, 7) is 6.11. The second kappa shape index (κ2) is 5.36. The lowest BCUT2D eigenvalue weighted by Gasteiger charge is -2.07. The molecule has 1 aromatic carbocycles. The Hall–Kier alpha value is -1.30. The summed E-state index contributed by atoms with van der Waals surface area (Å²) >= 11 is 0. The molecule has 1 heteroatoms. The van der Waals surface area contributed by atoms with E-state index in [9.17, 15) is 0 Å². The van der Waals surface area contributed by atoms with Crippen molar-refractivity contribution < 1.29 is 4.74 Å². The van der Waals surface area contributed by atoms with Crippen LogP contribution in [0.4, 0.5) is 0 Å². The van der Waals surface area contributed by atoms with Crippen LogP contribution in [0, 0.1) is 0 Å². The van der Waals surface area contributed by atoms with E-state index in [0.29, 0.717) is 6.61 Å². The monoisotopic (exact) mass is 174 g/mol. The van der Waals surface area contributed by atoms with Crippen molar-refractivity contribution in [1.29, 1.82) is 0 Å². The molecule has 0 N–H and O–H groups in total. The fourth-order valence-electron chi connectivity index (χ4n) is 1.02. The van der Waals surface area contributed by atoms with Crippen molar-refractivity contribution in [2.24, 2.45) is 0 Å². The van der Waals surface area contributed by atoms with Gasteiger partial charge in [0.15, 0.2) is 0 Å². The Bertz CT molecular complexity index is 283. The van der Waals surface area contributed by atoms with E-state index in [-0.39, 0.29) is 6.10 Å². The van der Waals surface area contributed by atoms with Crippen LogP contribution in [0.5, 0.6) is 0 Å². The highest BCUT2D eigenvalue weighted by atomic mass is 16.5. The van der Waals surface area contributed by atoms with E-state index in [4.69, 9.17) is 4.74 Å². The normalized spacial score (nSPS) is 11.8. The maximum atomic E-state index is 5.51. The first-order chi connectivity index (χ1) is 6.33. The average Bonchev–Trinajstić information content (AvgIpc) is 2.17. The molecule has 0 aromatic heterocycles. The molecule has 0 saturated carbocycles. The minimum absolute atomic E-state index is 0.0812. The van der Waals surface area contributed by atoms with E-state index < -0.39 is 0 Å². The van der Waals surface area contributed by atoms with Gasteiger partial charge in [0.2, 0.25) is 0 Å². The topological polar surface area (TPSA) is 9.23 Å². The average molecular weight is 174 g/mol. The van der Waals surface area contributed by atoms with Crippen molar-refractivity contribution in [2.75, 3.05) is 0 Å². The fourth-order valence-corrected chi connectivity index (χ4v) is 1.02. The molecule has 0 aliphatic rings. The number of rotatable bonds is 4. The highest BCUT2D eigenvalue weighted by Crippen LogP contribution is 2.03. The van der Waals surface area contributed by atoms with Crippen LogP contribution < -0.4 is 0 Å². The van der Waals surface area contributed by atoms with Crippen molar-refractivity contribution in [3.63, 3.8) is 0 Å². The minimum Gasteiger partial charge on any atom is -0.369 e. The Labute approximate surface area is 79.4 Å². The van der Waals surface area contributed by atoms with Gasteiger partial charge in [0.25, 0.3) is 0 Å². The summed E-state index contributed by atoms with van der Waals surface area (Å²) in [6.07, 6.45) is 1.89. The van der Waals surface area contributed by atoms with Crippen molar-refractivity contribution in [3.8, 4) is 0 Å². The standard InChI is InChI=1S/C12H14O/c1-3-7-11(2)13-10-12-8-5-4-6-9-12/h4-9,11H,1,10H2,2H3/t11-/m1/s1. The van der Waals surface area contributed by atoms with Gasteiger partial charge in [0, 0.05) is 0 Å². The van der Waals surface area contributed by atoms with Crippen LogP contribution in [0.2, 0.25) is 0 Å². The van der Waals surface area contributed by atoms with Gasteiger partial charge in [-0.05, 0) is 18.6 Å². The molecule has 0 aliphatic heterocycles. The first-order valence-electron chi connectivity index (χ1n) is 4.34. The molecule has 0 bridgehead atoms. The fraction of sp³-hybridized carbons (Fsp3) is 0.250. The Morgan fingerprint density at radius 2 is 2.15 bits per heavy atom. The summed E-state index contributed by atoms with van der Waals surface area (Å²) in [5.74, 6) is 0. The number of hydrogen-bond donors (Lipinski definition) is 0. The molecular formula is C12H14O. The van der Waals surface area contributed by atoms with Gasteiger partial charge in [-0.25, -0.2) is 0 Å². The molecule has 1 aromatic rings. The van der Waals surface area contributed by atoms with Gasteiger partial charge in [-0.15, -0.1) is 5.73 Å². The SMILES string of the molecule is C=C=C[C@@H](C)OCc1ccccc1. The van der Waals surface area contributed by atoms with E-state index in [1.54, 1.807) is 0 Å². The molecule has 0 amide bonds. The molecule has 13 heavy (non-hydrogen) atoms. The smallest absolute Gasteiger partial charge is 0.0805 e. The molecule has 1 nitrogen and oxygen atoms in total. The van der Waals surface area contributed by atoms with Gasteiger partial charge in [-0.2, -0.15) is 0 Å². The third kappa shape index (κ3) is 3.75. The highest BCUT2D eigenvalue weighted by Gasteiger charge is 1.96. The molecule has 0 unspecified atom stereocenters. The summed E-state index contributed by atoms with van der Waals surface area (Å²) in [7, 11) is 0. The molecule has 0 fully saturated rings. The number of hydrogen-bond acceptors (Lipinski definition) is 1. The lowest BCUT2D eigenvalue weighted by molar-refractivity contribution is 0.0842. The van der Waals surface area contributed by atoms with Crippen LogP contribution >= 0.6 is 0 Å². The molecule has 1 rings (SSSR count). The second-order valence-electron chi connectivity index (χ2n) is 2.87. The van der Waals surface area contributed by atoms with Crippen molar-refractivity contribution in [1.82, 2.24) is 0 Å². The molecule has 0 heterocycles. The number of ether oxygens (including phenoxy) is 1. The van der Waals surface area contributed by atoms with Crippen LogP contribution in [0.25, 0.3) is 0 Å². The van der Waals surface area contributed by atoms with Crippen LogP contribution in [-0.4, -0.2) is 6.10 Å². The zero-order valence-corrected chi connectivity index (χ0v) is 7.86. The summed E-state index contributed by atoms with van der Waals surface area (Å²) in [6, 6.07) is 10.1. The van der Waals surface area contributed by atoms with Gasteiger partial charge >= 0.3 is 0 Å². The van der Waals surface area contributed by atoms with Crippen molar-refractivity contribution >= 4 is 0 Å². The molecular weight excluding hydrogens is 160 g/mol. The van der Waals surface area contributed by atoms with Gasteiger partial charge < -0.3 is 4.74 Å². The Morgan fingerprint density at radius 1 is 1.46 bits per heavy atom. The predicted octanol–water partition coefficient (Wildman–Crippen LogP) is 2.93. The maximum Gasteiger partial charge on any atom is 0.0805 e. The molecule has 1 atom stereocenters. The van der Waals surface area contributed by atoms with Crippen LogP contribution in [-0.2, 0) is 11.3 Å². The van der Waals surface area contributed by atoms with E-state index >= 15 is 0 Å². The Balaban J connectivity index is 2.39. The summed E-state index contributed by atoms with van der Waals surface area (Å²) in [5, 5.41) is 0. The summed E-state index contributed by atoms with van der Waals surface area (Å²) in [4.78, 5) is 0. The van der Waals surface area contributed by atoms with Crippen molar-refractivity contribution in [3.05, 3.63) is 54.3 Å². The minimum atomic E-state index is 0.0812. The van der Waals surface area contributed by atoms with E-state index in [1.165, 1.54) is 5.56 Å². The summed E-state index contributed by atoms with van der Waals surface area (Å²) < 4.78 is 5.51. The van der Waals surface area contributed by atoms with Gasteiger partial charge in [-0.3, -0.25) is 0 Å². The third-order valence-corrected chi connectivity index (χ3v) is 1.71. The van der Waals surface area contributed by atoms with Gasteiger partial charge in [-0.1, -0.05) is 36.9 Å². The van der Waals surface area contributed by atoms with Crippen LogP contribution in [0.3, 0.4) is 0 Å². The molecule has 0 saturated heterocycles. The Kier molecular flexibility index (Phi) is 4.04. The van der Waals surface area contributed by atoms with E-state index in [2.05, 4.69) is 12.3 Å². The van der Waals surface area contributed by atoms with E-state index in [0.717, 1.165) is 0 Å². The molecule has 0 spiro atoms. The largest absolute Gasteiger partial charge is 0.369 e. The zero-order chi connectivity index (χ0) is 9.52. The zero-order valence-electron chi connectivity index (χ0n) is 7.86. The lowest BCUT2D eigenvalue weighted by atomic mass is 10.2. The van der Waals surface area contributed by atoms with E-state index in [1.807, 2.05) is 43.3 Å². The Morgan fingerprint density at radius 3 is 2.77 bits per heavy atom. The van der Waals surface area contributed by atoms with Crippen molar-refractivity contribution in [2.45, 2.75) is 19.6 Å². The second-order valence-corrected chi connectivity index (χ2v) is 2.87. The van der Waals surface area contributed by atoms with Gasteiger partial charge in [0.05, 0.1) is 12.7 Å². The third-order valence-electron chi connectivity index (χ3n) is 1.71.